The highest BCUT2D eigenvalue weighted by Crippen LogP contribution is 2.10. The van der Waals surface area contributed by atoms with Gasteiger partial charge in [0.05, 0.1) is 24.3 Å². The molecule has 0 aliphatic carbocycles. The zero-order chi connectivity index (χ0) is 17.6. The van der Waals surface area contributed by atoms with Crippen LogP contribution in [0.25, 0.3) is 0 Å². The van der Waals surface area contributed by atoms with Crippen LogP contribution in [0, 0.1) is 0 Å². The van der Waals surface area contributed by atoms with Gasteiger partial charge in [0.15, 0.2) is 0 Å². The number of hydrogen-bond acceptors (Lipinski definition) is 4. The fraction of sp³-hybridized carbons (Fsp3) is 0.400. The summed E-state index contributed by atoms with van der Waals surface area (Å²) in [6.07, 6.45) is 8.97. The zero-order valence-corrected chi connectivity index (χ0v) is 14.2. The minimum Gasteiger partial charge on any atom is -0.462 e. The van der Waals surface area contributed by atoms with Crippen molar-refractivity contribution in [1.29, 1.82) is 0 Å². The lowest BCUT2D eigenvalue weighted by Crippen LogP contribution is -2.10. The quantitative estimate of drug-likeness (QED) is 0.316. The van der Waals surface area contributed by atoms with E-state index in [1.165, 1.54) is 6.07 Å². The molecule has 0 N–H and O–H groups in total. The summed E-state index contributed by atoms with van der Waals surface area (Å²) in [4.78, 5) is 24.0. The Hall–Kier alpha value is -2.36. The average Bonchev–Trinajstić information content (AvgIpc) is 2.61. The molecule has 0 fully saturated rings. The first kappa shape index (κ1) is 19.7. The smallest absolute Gasteiger partial charge is 0.338 e. The number of rotatable bonds is 12. The van der Waals surface area contributed by atoms with Gasteiger partial charge >= 0.3 is 11.9 Å². The van der Waals surface area contributed by atoms with Crippen LogP contribution in [-0.4, -0.2) is 25.2 Å². The molecule has 0 radical (unpaired) electrons. The molecule has 1 aromatic carbocycles. The Morgan fingerprint density at radius 3 is 1.71 bits per heavy atom. The molecule has 0 aliphatic rings. The van der Waals surface area contributed by atoms with Crippen molar-refractivity contribution in [3.63, 3.8) is 0 Å². The Bertz CT molecular complexity index is 503. The molecule has 0 spiro atoms. The molecule has 4 heteroatoms. The highest BCUT2D eigenvalue weighted by Gasteiger charge is 2.12. The molecule has 1 aromatic rings. The van der Waals surface area contributed by atoms with Crippen molar-refractivity contribution in [1.82, 2.24) is 0 Å². The third kappa shape index (κ3) is 7.77. The Morgan fingerprint density at radius 2 is 1.29 bits per heavy atom. The molecule has 0 amide bonds. The molecule has 0 unspecified atom stereocenters. The van der Waals surface area contributed by atoms with E-state index in [4.69, 9.17) is 9.47 Å². The second-order valence-electron chi connectivity index (χ2n) is 5.42. The maximum atomic E-state index is 12.0. The number of hydrogen-bond donors (Lipinski definition) is 0. The number of unbranched alkanes of at least 4 members (excludes halogenated alkanes) is 4. The van der Waals surface area contributed by atoms with Gasteiger partial charge in [-0.25, -0.2) is 9.59 Å². The third-order valence-electron chi connectivity index (χ3n) is 3.41. The van der Waals surface area contributed by atoms with Crippen LogP contribution in [0.3, 0.4) is 0 Å². The van der Waals surface area contributed by atoms with Crippen molar-refractivity contribution >= 4 is 11.9 Å². The predicted molar refractivity (Wildman–Crippen MR) is 95.1 cm³/mol. The largest absolute Gasteiger partial charge is 0.462 e. The lowest BCUT2D eigenvalue weighted by atomic mass is 10.1. The highest BCUT2D eigenvalue weighted by molar-refractivity contribution is 5.95. The molecule has 0 bridgehead atoms. The van der Waals surface area contributed by atoms with Crippen molar-refractivity contribution in [2.45, 2.75) is 38.5 Å². The van der Waals surface area contributed by atoms with Gasteiger partial charge in [0, 0.05) is 0 Å². The van der Waals surface area contributed by atoms with E-state index in [0.29, 0.717) is 24.3 Å². The monoisotopic (exact) mass is 330 g/mol. The molecule has 0 saturated carbocycles. The van der Waals surface area contributed by atoms with Gasteiger partial charge in [0.1, 0.15) is 0 Å². The summed E-state index contributed by atoms with van der Waals surface area (Å²) in [5, 5.41) is 0. The molecule has 0 aromatic heterocycles. The topological polar surface area (TPSA) is 52.6 Å². The summed E-state index contributed by atoms with van der Waals surface area (Å²) in [7, 11) is 0. The summed E-state index contributed by atoms with van der Waals surface area (Å²) in [6, 6.07) is 6.43. The summed E-state index contributed by atoms with van der Waals surface area (Å²) in [6.45, 7) is 8.03. The van der Waals surface area contributed by atoms with Crippen molar-refractivity contribution in [2.24, 2.45) is 0 Å². The number of ether oxygens (including phenoxy) is 2. The van der Waals surface area contributed by atoms with Gasteiger partial charge in [-0.1, -0.05) is 18.2 Å². The van der Waals surface area contributed by atoms with Crippen LogP contribution in [-0.2, 0) is 9.47 Å². The first-order chi connectivity index (χ1) is 11.7. The number of allylic oxidation sites excluding steroid dienone is 2. The second kappa shape index (κ2) is 12.1. The van der Waals surface area contributed by atoms with Crippen LogP contribution < -0.4 is 0 Å². The van der Waals surface area contributed by atoms with E-state index in [1.807, 2.05) is 12.2 Å². The fourth-order valence-electron chi connectivity index (χ4n) is 2.05. The zero-order valence-electron chi connectivity index (χ0n) is 14.2. The molecule has 0 atom stereocenters. The molecule has 24 heavy (non-hydrogen) atoms. The van der Waals surface area contributed by atoms with Crippen LogP contribution in [0.1, 0.15) is 59.2 Å². The first-order valence-electron chi connectivity index (χ1n) is 8.35. The first-order valence-corrected chi connectivity index (χ1v) is 8.35. The van der Waals surface area contributed by atoms with Crippen molar-refractivity contribution in [3.05, 3.63) is 60.7 Å². The number of esters is 2. The Kier molecular flexibility index (Phi) is 9.93. The van der Waals surface area contributed by atoms with E-state index in [0.717, 1.165) is 38.5 Å². The highest BCUT2D eigenvalue weighted by atomic mass is 16.5. The van der Waals surface area contributed by atoms with Crippen LogP contribution in [0.15, 0.2) is 49.6 Å². The molecule has 0 saturated heterocycles. The summed E-state index contributed by atoms with van der Waals surface area (Å²) < 4.78 is 10.4. The molecular weight excluding hydrogens is 304 g/mol. The standard InChI is InChI=1S/C20H26O4/c1-3-5-7-9-14-23-19(21)17-12-11-13-18(16-17)20(22)24-15-10-8-6-4-2/h3-4,11-13,16H,1-2,5-10,14-15H2. The molecule has 130 valence electrons. The van der Waals surface area contributed by atoms with E-state index in [2.05, 4.69) is 13.2 Å². The summed E-state index contributed by atoms with van der Waals surface area (Å²) >= 11 is 0. The van der Waals surface area contributed by atoms with E-state index >= 15 is 0 Å². The minimum atomic E-state index is -0.422. The Labute approximate surface area is 144 Å². The Morgan fingerprint density at radius 1 is 0.833 bits per heavy atom. The van der Waals surface area contributed by atoms with Crippen LogP contribution >= 0.6 is 0 Å². The molecule has 0 aliphatic heterocycles. The van der Waals surface area contributed by atoms with Gasteiger partial charge in [0.25, 0.3) is 0 Å². The van der Waals surface area contributed by atoms with E-state index < -0.39 is 11.9 Å². The van der Waals surface area contributed by atoms with Crippen molar-refractivity contribution in [3.8, 4) is 0 Å². The van der Waals surface area contributed by atoms with Gasteiger partial charge in [-0.3, -0.25) is 0 Å². The van der Waals surface area contributed by atoms with Gasteiger partial charge < -0.3 is 9.47 Å². The molecule has 4 nitrogen and oxygen atoms in total. The summed E-state index contributed by atoms with van der Waals surface area (Å²) in [5.41, 5.74) is 0.722. The van der Waals surface area contributed by atoms with Crippen LogP contribution in [0.2, 0.25) is 0 Å². The number of carbonyl (C=O) groups excluding carboxylic acids is 2. The average molecular weight is 330 g/mol. The van der Waals surface area contributed by atoms with Crippen molar-refractivity contribution in [2.75, 3.05) is 13.2 Å². The van der Waals surface area contributed by atoms with Gasteiger partial charge in [-0.15, -0.1) is 13.2 Å². The van der Waals surface area contributed by atoms with Crippen LogP contribution in [0.5, 0.6) is 0 Å². The van der Waals surface area contributed by atoms with Gasteiger partial charge in [0.2, 0.25) is 0 Å². The van der Waals surface area contributed by atoms with E-state index in [1.54, 1.807) is 18.2 Å². The second-order valence-corrected chi connectivity index (χ2v) is 5.42. The van der Waals surface area contributed by atoms with Gasteiger partial charge in [-0.05, 0) is 56.7 Å². The minimum absolute atomic E-state index is 0.361. The van der Waals surface area contributed by atoms with Crippen molar-refractivity contribution < 1.29 is 19.1 Å². The number of carbonyl (C=O) groups is 2. The van der Waals surface area contributed by atoms with E-state index in [9.17, 15) is 9.59 Å². The molecule has 1 rings (SSSR count). The lowest BCUT2D eigenvalue weighted by Gasteiger charge is -2.07. The maximum absolute atomic E-state index is 12.0. The Balaban J connectivity index is 2.43. The normalized spacial score (nSPS) is 10.0. The molecular formula is C20H26O4. The fourth-order valence-corrected chi connectivity index (χ4v) is 2.05. The predicted octanol–water partition coefficient (Wildman–Crippen LogP) is 4.71. The van der Waals surface area contributed by atoms with Crippen LogP contribution in [0.4, 0.5) is 0 Å². The van der Waals surface area contributed by atoms with E-state index in [-0.39, 0.29) is 0 Å². The van der Waals surface area contributed by atoms with Gasteiger partial charge in [-0.2, -0.15) is 0 Å². The maximum Gasteiger partial charge on any atom is 0.338 e. The lowest BCUT2D eigenvalue weighted by molar-refractivity contribution is 0.0497. The molecule has 0 heterocycles. The SMILES string of the molecule is C=CCCCCOC(=O)c1cccc(C(=O)OCCCCC=C)c1. The number of benzene rings is 1. The third-order valence-corrected chi connectivity index (χ3v) is 3.41. The summed E-state index contributed by atoms with van der Waals surface area (Å²) in [5.74, 6) is -0.844.